The third kappa shape index (κ3) is 3.14. The maximum Gasteiger partial charge on any atom is 0.231 e. The summed E-state index contributed by atoms with van der Waals surface area (Å²) in [4.78, 5) is 32.3. The minimum Gasteiger partial charge on any atom is -0.309 e. The zero-order chi connectivity index (χ0) is 18.1. The number of amides is 2. The van der Waals surface area contributed by atoms with Gasteiger partial charge in [0.05, 0.1) is 5.92 Å². The molecule has 4 rings (SSSR count). The van der Waals surface area contributed by atoms with Gasteiger partial charge in [0.1, 0.15) is 0 Å². The molecular weight excluding hydrogens is 346 g/mol. The molecule has 0 saturated heterocycles. The average molecular weight is 369 g/mol. The van der Waals surface area contributed by atoms with Crippen LogP contribution in [0.25, 0.3) is 0 Å². The normalized spacial score (nSPS) is 25.0. The van der Waals surface area contributed by atoms with Crippen molar-refractivity contribution in [3.8, 4) is 0 Å². The molecule has 1 saturated carbocycles. The first kappa shape index (κ1) is 17.2. The third-order valence-corrected chi connectivity index (χ3v) is 6.22. The summed E-state index contributed by atoms with van der Waals surface area (Å²) in [7, 11) is 0. The maximum absolute atomic E-state index is 13.4. The van der Waals surface area contributed by atoms with Crippen LogP contribution in [0, 0.1) is 11.8 Å². The highest BCUT2D eigenvalue weighted by atomic mass is 32.1. The van der Waals surface area contributed by atoms with Gasteiger partial charge < -0.3 is 10.2 Å². The van der Waals surface area contributed by atoms with E-state index < -0.39 is 0 Å². The molecule has 1 N–H and O–H groups in total. The highest BCUT2D eigenvalue weighted by molar-refractivity contribution is 7.13. The Balaban J connectivity index is 1.56. The number of carbonyl (C=O) groups is 2. The summed E-state index contributed by atoms with van der Waals surface area (Å²) < 4.78 is 0. The molecule has 1 fully saturated rings. The molecule has 0 radical (unpaired) electrons. The van der Waals surface area contributed by atoms with E-state index in [1.807, 2.05) is 28.5 Å². The van der Waals surface area contributed by atoms with E-state index in [1.165, 1.54) is 16.9 Å². The molecule has 0 bridgehead atoms. The van der Waals surface area contributed by atoms with Gasteiger partial charge in [-0.2, -0.15) is 0 Å². The summed E-state index contributed by atoms with van der Waals surface area (Å²) in [6.07, 6.45) is 6.09. The Kier molecular flexibility index (Phi) is 4.76. The average Bonchev–Trinajstić information content (AvgIpc) is 3.27. The SMILES string of the molecule is CC1Cc2ccccc2N1C(=O)C1CCCCC1C(=O)Nc1nccs1. The predicted molar refractivity (Wildman–Crippen MR) is 103 cm³/mol. The fraction of sp³-hybridized carbons (Fsp3) is 0.450. The number of rotatable bonds is 3. The molecule has 3 unspecified atom stereocenters. The maximum atomic E-state index is 13.4. The van der Waals surface area contributed by atoms with Crippen LogP contribution >= 0.6 is 11.3 Å². The zero-order valence-electron chi connectivity index (χ0n) is 14.9. The highest BCUT2D eigenvalue weighted by Gasteiger charge is 2.41. The molecule has 136 valence electrons. The molecule has 1 aromatic heterocycles. The molecule has 6 heteroatoms. The van der Waals surface area contributed by atoms with Crippen LogP contribution in [-0.4, -0.2) is 22.8 Å². The van der Waals surface area contributed by atoms with Gasteiger partial charge in [-0.3, -0.25) is 9.59 Å². The van der Waals surface area contributed by atoms with Gasteiger partial charge in [-0.1, -0.05) is 31.0 Å². The van der Waals surface area contributed by atoms with Gasteiger partial charge in [0.25, 0.3) is 0 Å². The van der Waals surface area contributed by atoms with E-state index in [0.29, 0.717) is 5.13 Å². The number of hydrogen-bond donors (Lipinski definition) is 1. The Bertz CT molecular complexity index is 805. The van der Waals surface area contributed by atoms with E-state index >= 15 is 0 Å². The second-order valence-corrected chi connectivity index (χ2v) is 8.11. The lowest BCUT2D eigenvalue weighted by atomic mass is 9.77. The van der Waals surface area contributed by atoms with Crippen LogP contribution in [0.1, 0.15) is 38.2 Å². The van der Waals surface area contributed by atoms with Crippen LogP contribution in [0.5, 0.6) is 0 Å². The molecule has 1 aromatic carbocycles. The molecule has 1 aliphatic heterocycles. The minimum absolute atomic E-state index is 0.0712. The molecule has 2 amide bonds. The van der Waals surface area contributed by atoms with Crippen molar-refractivity contribution in [1.82, 2.24) is 4.98 Å². The van der Waals surface area contributed by atoms with Gasteiger partial charge in [0.15, 0.2) is 5.13 Å². The monoisotopic (exact) mass is 369 g/mol. The summed E-state index contributed by atoms with van der Waals surface area (Å²) >= 11 is 1.40. The van der Waals surface area contributed by atoms with Crippen LogP contribution < -0.4 is 10.2 Å². The molecule has 26 heavy (non-hydrogen) atoms. The molecule has 2 heterocycles. The van der Waals surface area contributed by atoms with Crippen molar-refractivity contribution in [3.63, 3.8) is 0 Å². The number of para-hydroxylation sites is 1. The molecule has 2 aliphatic rings. The number of anilines is 2. The Hall–Kier alpha value is -2.21. The van der Waals surface area contributed by atoms with Crippen LogP contribution in [0.15, 0.2) is 35.8 Å². The summed E-state index contributed by atoms with van der Waals surface area (Å²) in [6, 6.07) is 8.25. The number of aromatic nitrogens is 1. The third-order valence-electron chi connectivity index (χ3n) is 5.53. The van der Waals surface area contributed by atoms with Crippen molar-refractivity contribution < 1.29 is 9.59 Å². The first-order chi connectivity index (χ1) is 12.6. The molecule has 2 aromatic rings. The van der Waals surface area contributed by atoms with E-state index in [9.17, 15) is 9.59 Å². The number of nitrogens with zero attached hydrogens (tertiary/aromatic N) is 2. The van der Waals surface area contributed by atoms with Crippen molar-refractivity contribution in [1.29, 1.82) is 0 Å². The van der Waals surface area contributed by atoms with E-state index in [0.717, 1.165) is 37.8 Å². The topological polar surface area (TPSA) is 62.3 Å². The van der Waals surface area contributed by atoms with Gasteiger partial charge >= 0.3 is 0 Å². The second-order valence-electron chi connectivity index (χ2n) is 7.21. The Morgan fingerprint density at radius 2 is 1.96 bits per heavy atom. The van der Waals surface area contributed by atoms with E-state index in [1.54, 1.807) is 6.20 Å². The molecule has 1 aliphatic carbocycles. The van der Waals surface area contributed by atoms with Crippen LogP contribution in [0.4, 0.5) is 10.8 Å². The van der Waals surface area contributed by atoms with Crippen molar-refractivity contribution in [2.24, 2.45) is 11.8 Å². The van der Waals surface area contributed by atoms with Gasteiger partial charge in [0, 0.05) is 29.2 Å². The highest BCUT2D eigenvalue weighted by Crippen LogP contribution is 2.38. The van der Waals surface area contributed by atoms with Crippen molar-refractivity contribution in [2.45, 2.75) is 45.1 Å². The lowest BCUT2D eigenvalue weighted by Gasteiger charge is -2.34. The summed E-state index contributed by atoms with van der Waals surface area (Å²) in [5.74, 6) is -0.503. The van der Waals surface area contributed by atoms with Gasteiger partial charge in [-0.25, -0.2) is 4.98 Å². The Labute approximate surface area is 157 Å². The largest absolute Gasteiger partial charge is 0.309 e. The quantitative estimate of drug-likeness (QED) is 0.893. The summed E-state index contributed by atoms with van der Waals surface area (Å²) in [5.41, 5.74) is 2.22. The first-order valence-electron chi connectivity index (χ1n) is 9.26. The number of benzene rings is 1. The lowest BCUT2D eigenvalue weighted by molar-refractivity contribution is -0.132. The molecule has 5 nitrogen and oxygen atoms in total. The predicted octanol–water partition coefficient (Wildman–Crippen LogP) is 3.87. The van der Waals surface area contributed by atoms with E-state index in [4.69, 9.17) is 0 Å². The van der Waals surface area contributed by atoms with Gasteiger partial charge in [-0.15, -0.1) is 11.3 Å². The van der Waals surface area contributed by atoms with Gasteiger partial charge in [-0.05, 0) is 37.8 Å². The minimum atomic E-state index is -0.278. The Morgan fingerprint density at radius 1 is 1.19 bits per heavy atom. The smallest absolute Gasteiger partial charge is 0.231 e. The fourth-order valence-corrected chi connectivity index (χ4v) is 4.84. The van der Waals surface area contributed by atoms with Crippen LogP contribution in [0.2, 0.25) is 0 Å². The van der Waals surface area contributed by atoms with E-state index in [-0.39, 0.29) is 29.7 Å². The number of carbonyl (C=O) groups excluding carboxylic acids is 2. The lowest BCUT2D eigenvalue weighted by Crippen LogP contribution is -2.46. The number of fused-ring (bicyclic) bond motifs is 1. The summed E-state index contributed by atoms with van der Waals surface area (Å²) in [5, 5.41) is 5.33. The van der Waals surface area contributed by atoms with Crippen molar-refractivity contribution in [2.75, 3.05) is 10.2 Å². The molecule has 3 atom stereocenters. The van der Waals surface area contributed by atoms with E-state index in [2.05, 4.69) is 23.3 Å². The van der Waals surface area contributed by atoms with Crippen molar-refractivity contribution >= 4 is 34.0 Å². The number of nitrogens with one attached hydrogen (secondary N) is 1. The number of thiazole rings is 1. The first-order valence-corrected chi connectivity index (χ1v) is 10.1. The summed E-state index contributed by atoms with van der Waals surface area (Å²) in [6.45, 7) is 2.09. The van der Waals surface area contributed by atoms with Crippen molar-refractivity contribution in [3.05, 3.63) is 41.4 Å². The van der Waals surface area contributed by atoms with Crippen LogP contribution in [-0.2, 0) is 16.0 Å². The molecular formula is C20H23N3O2S. The molecule has 0 spiro atoms. The zero-order valence-corrected chi connectivity index (χ0v) is 15.7. The van der Waals surface area contributed by atoms with Crippen LogP contribution in [0.3, 0.4) is 0 Å². The standard InChI is InChI=1S/C20H23N3O2S/c1-13-12-14-6-2-5-9-17(14)23(13)19(25)16-8-4-3-7-15(16)18(24)22-20-21-10-11-26-20/h2,5-6,9-11,13,15-16H,3-4,7-8,12H2,1H3,(H,21,22,24). The second kappa shape index (κ2) is 7.19. The van der Waals surface area contributed by atoms with Gasteiger partial charge in [0.2, 0.25) is 11.8 Å². The number of hydrogen-bond acceptors (Lipinski definition) is 4. The fourth-order valence-electron chi connectivity index (χ4n) is 4.30. The Morgan fingerprint density at radius 3 is 2.73 bits per heavy atom.